The van der Waals surface area contributed by atoms with Crippen molar-refractivity contribution in [2.75, 3.05) is 0 Å². The summed E-state index contributed by atoms with van der Waals surface area (Å²) in [5.41, 5.74) is 0.717. The zero-order valence-corrected chi connectivity index (χ0v) is 8.74. The normalized spacial score (nSPS) is 24.2. The van der Waals surface area contributed by atoms with Crippen molar-refractivity contribution in [1.29, 1.82) is 0 Å². The Kier molecular flexibility index (Phi) is 2.33. The third kappa shape index (κ3) is 1.70. The van der Waals surface area contributed by atoms with Crippen LogP contribution >= 0.6 is 0 Å². The molecule has 0 bridgehead atoms. The van der Waals surface area contributed by atoms with Crippen molar-refractivity contribution in [3.05, 3.63) is 0 Å². The fraction of sp³-hybridized carbons (Fsp3) is 0.909. The Labute approximate surface area is 75.5 Å². The van der Waals surface area contributed by atoms with E-state index in [1.54, 1.807) is 0 Å². The molecule has 12 heavy (non-hydrogen) atoms. The van der Waals surface area contributed by atoms with Crippen LogP contribution in [0.5, 0.6) is 0 Å². The fourth-order valence-corrected chi connectivity index (χ4v) is 1.83. The summed E-state index contributed by atoms with van der Waals surface area (Å²) in [6.45, 7) is 9.16. The lowest BCUT2D eigenvalue weighted by Crippen LogP contribution is -2.36. The quantitative estimate of drug-likeness (QED) is 0.543. The Morgan fingerprint density at radius 2 is 1.58 bits per heavy atom. The summed E-state index contributed by atoms with van der Waals surface area (Å²) in [5.74, 6) is 0.455. The number of hydrogen-bond donors (Lipinski definition) is 0. The highest BCUT2D eigenvalue weighted by Crippen LogP contribution is 2.48. The molecular weight excluding hydrogens is 148 g/mol. The van der Waals surface area contributed by atoms with Gasteiger partial charge in [-0.05, 0) is 23.7 Å². The highest BCUT2D eigenvalue weighted by Gasteiger charge is 2.39. The summed E-state index contributed by atoms with van der Waals surface area (Å²) >= 11 is 0. The standard InChI is InChI=1S/C11H20O/c1-10(2,3)11(4)7-5-9(12)6-8-11/h5-8H2,1-4H3. The molecule has 0 aromatic heterocycles. The van der Waals surface area contributed by atoms with E-state index in [1.165, 1.54) is 0 Å². The van der Waals surface area contributed by atoms with Gasteiger partial charge in [-0.1, -0.05) is 27.7 Å². The first-order chi connectivity index (χ1) is 5.35. The van der Waals surface area contributed by atoms with Gasteiger partial charge in [0.25, 0.3) is 0 Å². The monoisotopic (exact) mass is 168 g/mol. The third-order valence-corrected chi connectivity index (χ3v) is 3.72. The predicted molar refractivity (Wildman–Crippen MR) is 51.0 cm³/mol. The van der Waals surface area contributed by atoms with Gasteiger partial charge in [-0.15, -0.1) is 0 Å². The SMILES string of the molecule is CC(C)(C)C1(C)CCC(=O)CC1. The number of carbonyl (C=O) groups is 1. The van der Waals surface area contributed by atoms with Crippen molar-refractivity contribution in [3.8, 4) is 0 Å². The van der Waals surface area contributed by atoms with Gasteiger partial charge in [-0.25, -0.2) is 0 Å². The molecule has 0 aromatic rings. The molecule has 1 heteroatoms. The molecular formula is C11H20O. The lowest BCUT2D eigenvalue weighted by molar-refractivity contribution is -0.123. The summed E-state index contributed by atoms with van der Waals surface area (Å²) in [6.07, 6.45) is 3.76. The number of carbonyl (C=O) groups excluding carboxylic acids is 1. The maximum atomic E-state index is 11.1. The smallest absolute Gasteiger partial charge is 0.132 e. The molecule has 0 aromatic carbocycles. The fourth-order valence-electron chi connectivity index (χ4n) is 1.83. The minimum Gasteiger partial charge on any atom is -0.300 e. The molecule has 1 aliphatic rings. The van der Waals surface area contributed by atoms with Crippen molar-refractivity contribution in [3.63, 3.8) is 0 Å². The highest BCUT2D eigenvalue weighted by molar-refractivity contribution is 5.79. The van der Waals surface area contributed by atoms with Crippen LogP contribution in [-0.4, -0.2) is 5.78 Å². The second-order valence-corrected chi connectivity index (χ2v) is 5.35. The van der Waals surface area contributed by atoms with Gasteiger partial charge in [0.1, 0.15) is 5.78 Å². The van der Waals surface area contributed by atoms with Crippen LogP contribution in [-0.2, 0) is 4.79 Å². The minimum absolute atomic E-state index is 0.341. The van der Waals surface area contributed by atoms with Crippen molar-refractivity contribution >= 4 is 5.78 Å². The average molecular weight is 168 g/mol. The number of rotatable bonds is 0. The predicted octanol–water partition coefficient (Wildman–Crippen LogP) is 3.18. The summed E-state index contributed by atoms with van der Waals surface area (Å²) in [7, 11) is 0. The molecule has 1 fully saturated rings. The van der Waals surface area contributed by atoms with Gasteiger partial charge in [0.05, 0.1) is 0 Å². The van der Waals surface area contributed by atoms with E-state index in [0.717, 1.165) is 25.7 Å². The first-order valence-corrected chi connectivity index (χ1v) is 4.87. The lowest BCUT2D eigenvalue weighted by atomic mass is 9.60. The largest absolute Gasteiger partial charge is 0.300 e. The summed E-state index contributed by atoms with van der Waals surface area (Å²) in [4.78, 5) is 11.1. The summed E-state index contributed by atoms with van der Waals surface area (Å²) in [6, 6.07) is 0. The average Bonchev–Trinajstić information content (AvgIpc) is 1.93. The summed E-state index contributed by atoms with van der Waals surface area (Å²) in [5, 5.41) is 0. The molecule has 1 saturated carbocycles. The van der Waals surface area contributed by atoms with E-state index in [1.807, 2.05) is 0 Å². The second kappa shape index (κ2) is 2.86. The molecule has 0 N–H and O–H groups in total. The van der Waals surface area contributed by atoms with E-state index < -0.39 is 0 Å². The van der Waals surface area contributed by atoms with Crippen molar-refractivity contribution in [2.24, 2.45) is 10.8 Å². The molecule has 1 aliphatic carbocycles. The van der Waals surface area contributed by atoms with Crippen LogP contribution in [0.25, 0.3) is 0 Å². The maximum absolute atomic E-state index is 11.1. The molecule has 70 valence electrons. The molecule has 0 amide bonds. The third-order valence-electron chi connectivity index (χ3n) is 3.72. The van der Waals surface area contributed by atoms with Crippen molar-refractivity contribution < 1.29 is 4.79 Å². The van der Waals surface area contributed by atoms with Crippen LogP contribution < -0.4 is 0 Å². The maximum Gasteiger partial charge on any atom is 0.132 e. The van der Waals surface area contributed by atoms with Gasteiger partial charge in [0.2, 0.25) is 0 Å². The van der Waals surface area contributed by atoms with Crippen molar-refractivity contribution in [1.82, 2.24) is 0 Å². The van der Waals surface area contributed by atoms with Gasteiger partial charge in [0.15, 0.2) is 0 Å². The van der Waals surface area contributed by atoms with Gasteiger partial charge < -0.3 is 0 Å². The van der Waals surface area contributed by atoms with Gasteiger partial charge in [-0.2, -0.15) is 0 Å². The van der Waals surface area contributed by atoms with Crippen LogP contribution in [0.15, 0.2) is 0 Å². The molecule has 1 nitrogen and oxygen atoms in total. The molecule has 0 heterocycles. The van der Waals surface area contributed by atoms with E-state index in [0.29, 0.717) is 16.6 Å². The second-order valence-electron chi connectivity index (χ2n) is 5.35. The van der Waals surface area contributed by atoms with E-state index in [4.69, 9.17) is 0 Å². The van der Waals surface area contributed by atoms with Crippen LogP contribution in [0.1, 0.15) is 53.4 Å². The van der Waals surface area contributed by atoms with E-state index in [-0.39, 0.29) is 0 Å². The lowest BCUT2D eigenvalue weighted by Gasteiger charge is -2.44. The molecule has 0 unspecified atom stereocenters. The van der Waals surface area contributed by atoms with Crippen LogP contribution in [0, 0.1) is 10.8 Å². The van der Waals surface area contributed by atoms with E-state index >= 15 is 0 Å². The number of ketones is 1. The zero-order valence-electron chi connectivity index (χ0n) is 8.74. The molecule has 0 atom stereocenters. The Hall–Kier alpha value is -0.330. The molecule has 1 rings (SSSR count). The number of Topliss-reactive ketones (excluding diaryl/α,β-unsaturated/α-hetero) is 1. The number of hydrogen-bond acceptors (Lipinski definition) is 1. The highest BCUT2D eigenvalue weighted by atomic mass is 16.1. The van der Waals surface area contributed by atoms with Gasteiger partial charge in [0, 0.05) is 12.8 Å². The molecule has 0 aliphatic heterocycles. The topological polar surface area (TPSA) is 17.1 Å². The van der Waals surface area contributed by atoms with E-state index in [2.05, 4.69) is 27.7 Å². The van der Waals surface area contributed by atoms with E-state index in [9.17, 15) is 4.79 Å². The van der Waals surface area contributed by atoms with Gasteiger partial charge in [-0.3, -0.25) is 4.79 Å². The Bertz CT molecular complexity index is 176. The Morgan fingerprint density at radius 3 is 1.92 bits per heavy atom. The van der Waals surface area contributed by atoms with Crippen LogP contribution in [0.4, 0.5) is 0 Å². The Morgan fingerprint density at radius 1 is 1.17 bits per heavy atom. The first-order valence-electron chi connectivity index (χ1n) is 4.87. The molecule has 0 spiro atoms. The molecule has 0 radical (unpaired) electrons. The van der Waals surface area contributed by atoms with Crippen molar-refractivity contribution in [2.45, 2.75) is 53.4 Å². The summed E-state index contributed by atoms with van der Waals surface area (Å²) < 4.78 is 0. The van der Waals surface area contributed by atoms with Crippen LogP contribution in [0.2, 0.25) is 0 Å². The first kappa shape index (κ1) is 9.76. The molecule has 0 saturated heterocycles. The zero-order chi connectivity index (χ0) is 9.41. The Balaban J connectivity index is 2.68. The van der Waals surface area contributed by atoms with Gasteiger partial charge >= 0.3 is 0 Å². The van der Waals surface area contributed by atoms with Crippen LogP contribution in [0.3, 0.4) is 0 Å². The minimum atomic E-state index is 0.341.